The molecule has 3 aromatic rings. The first-order valence-corrected chi connectivity index (χ1v) is 12.6. The van der Waals surface area contributed by atoms with Crippen LogP contribution < -0.4 is 15.4 Å². The van der Waals surface area contributed by atoms with E-state index in [-0.39, 0.29) is 23.3 Å². The maximum absolute atomic E-state index is 13.2. The number of rotatable bonds is 6. The highest BCUT2D eigenvalue weighted by Crippen LogP contribution is 2.30. The minimum atomic E-state index is -0.264. The van der Waals surface area contributed by atoms with Crippen LogP contribution in [0.15, 0.2) is 54.7 Å². The fourth-order valence-corrected chi connectivity index (χ4v) is 4.36. The van der Waals surface area contributed by atoms with E-state index in [4.69, 9.17) is 9.47 Å². The van der Waals surface area contributed by atoms with Gasteiger partial charge in [-0.15, -0.1) is 0 Å². The Morgan fingerprint density at radius 3 is 2.35 bits per heavy atom. The number of ether oxygens (including phenoxy) is 2. The van der Waals surface area contributed by atoms with Crippen molar-refractivity contribution in [2.24, 2.45) is 0 Å². The highest BCUT2D eigenvalue weighted by molar-refractivity contribution is 6.06. The van der Waals surface area contributed by atoms with Gasteiger partial charge < -0.3 is 20.1 Å². The minimum absolute atomic E-state index is 0.0826. The smallest absolute Gasteiger partial charge is 0.259 e. The number of aromatic nitrogens is 1. The Kier molecular flexibility index (Phi) is 7.93. The summed E-state index contributed by atoms with van der Waals surface area (Å²) >= 11 is 0. The van der Waals surface area contributed by atoms with Gasteiger partial charge >= 0.3 is 0 Å². The van der Waals surface area contributed by atoms with E-state index in [9.17, 15) is 9.59 Å². The number of benzene rings is 2. The number of hydrogen-bond acceptors (Lipinski definition) is 5. The van der Waals surface area contributed by atoms with Crippen molar-refractivity contribution >= 4 is 17.5 Å². The molecule has 2 heterocycles. The number of amides is 2. The molecule has 2 amide bonds. The molecular formula is C30H35N3O4. The van der Waals surface area contributed by atoms with Gasteiger partial charge in [-0.25, -0.2) is 0 Å². The van der Waals surface area contributed by atoms with Crippen LogP contribution >= 0.6 is 0 Å². The van der Waals surface area contributed by atoms with Crippen LogP contribution in [-0.4, -0.2) is 43.2 Å². The lowest BCUT2D eigenvalue weighted by atomic mass is 9.86. The van der Waals surface area contributed by atoms with Gasteiger partial charge in [0.25, 0.3) is 11.8 Å². The second kappa shape index (κ2) is 11.1. The molecule has 37 heavy (non-hydrogen) atoms. The van der Waals surface area contributed by atoms with Crippen LogP contribution in [0.4, 0.5) is 5.69 Å². The van der Waals surface area contributed by atoms with Crippen molar-refractivity contribution in [1.29, 1.82) is 0 Å². The van der Waals surface area contributed by atoms with Crippen LogP contribution in [0.5, 0.6) is 5.75 Å². The number of methoxy groups -OCH3 is 1. The maximum atomic E-state index is 13.2. The summed E-state index contributed by atoms with van der Waals surface area (Å²) in [7, 11) is 1.56. The molecule has 0 spiro atoms. The predicted octanol–water partition coefficient (Wildman–Crippen LogP) is 5.52. The minimum Gasteiger partial charge on any atom is -0.496 e. The van der Waals surface area contributed by atoms with Gasteiger partial charge in [-0.2, -0.15) is 0 Å². The summed E-state index contributed by atoms with van der Waals surface area (Å²) in [5, 5.41) is 6.05. The topological polar surface area (TPSA) is 89.5 Å². The van der Waals surface area contributed by atoms with Gasteiger partial charge in [0.05, 0.1) is 24.6 Å². The lowest BCUT2D eigenvalue weighted by Gasteiger charge is -2.23. The molecule has 0 bridgehead atoms. The van der Waals surface area contributed by atoms with E-state index in [1.165, 1.54) is 0 Å². The van der Waals surface area contributed by atoms with Crippen LogP contribution in [0.25, 0.3) is 11.1 Å². The zero-order valence-corrected chi connectivity index (χ0v) is 22.2. The van der Waals surface area contributed by atoms with Crippen molar-refractivity contribution in [3.05, 3.63) is 77.1 Å². The number of aryl methyl sites for hydroxylation is 1. The zero-order chi connectivity index (χ0) is 26.6. The van der Waals surface area contributed by atoms with E-state index in [1.54, 1.807) is 13.3 Å². The van der Waals surface area contributed by atoms with E-state index < -0.39 is 0 Å². The summed E-state index contributed by atoms with van der Waals surface area (Å²) in [4.78, 5) is 30.4. The summed E-state index contributed by atoms with van der Waals surface area (Å²) in [5.41, 5.74) is 5.21. The Morgan fingerprint density at radius 1 is 1.00 bits per heavy atom. The molecule has 0 radical (unpaired) electrons. The SMILES string of the molecule is COc1ccc(C(C)(C)C)cc1C(=O)Nc1cnc(C)c(-c2ccc(C(=O)NC3CCOCC3)cc2)c1. The molecule has 0 atom stereocenters. The van der Waals surface area contributed by atoms with E-state index in [2.05, 4.69) is 36.4 Å². The summed E-state index contributed by atoms with van der Waals surface area (Å²) in [6, 6.07) is 15.2. The Morgan fingerprint density at radius 2 is 1.70 bits per heavy atom. The molecule has 0 unspecified atom stereocenters. The largest absolute Gasteiger partial charge is 0.496 e. The Bertz CT molecular complexity index is 1270. The first-order chi connectivity index (χ1) is 17.7. The van der Waals surface area contributed by atoms with Crippen LogP contribution in [0, 0.1) is 6.92 Å². The molecule has 0 aliphatic carbocycles. The molecular weight excluding hydrogens is 466 g/mol. The molecule has 7 heteroatoms. The highest BCUT2D eigenvalue weighted by atomic mass is 16.5. The number of pyridine rings is 1. The molecule has 1 aliphatic heterocycles. The molecule has 1 saturated heterocycles. The molecule has 1 aromatic heterocycles. The van der Waals surface area contributed by atoms with Crippen molar-refractivity contribution < 1.29 is 19.1 Å². The summed E-state index contributed by atoms with van der Waals surface area (Å²) in [6.07, 6.45) is 3.31. The van der Waals surface area contributed by atoms with Gasteiger partial charge in [0, 0.05) is 36.1 Å². The third-order valence-corrected chi connectivity index (χ3v) is 6.67. The maximum Gasteiger partial charge on any atom is 0.259 e. The third kappa shape index (κ3) is 6.35. The molecule has 1 aliphatic rings. The van der Waals surface area contributed by atoms with Crippen molar-refractivity contribution in [3.8, 4) is 16.9 Å². The second-order valence-electron chi connectivity index (χ2n) is 10.4. The zero-order valence-electron chi connectivity index (χ0n) is 22.2. The highest BCUT2D eigenvalue weighted by Gasteiger charge is 2.20. The molecule has 194 valence electrons. The molecule has 4 rings (SSSR count). The van der Waals surface area contributed by atoms with E-state index in [0.29, 0.717) is 35.8 Å². The fourth-order valence-electron chi connectivity index (χ4n) is 4.36. The van der Waals surface area contributed by atoms with E-state index in [0.717, 1.165) is 35.2 Å². The molecule has 2 aromatic carbocycles. The molecule has 2 N–H and O–H groups in total. The van der Waals surface area contributed by atoms with Crippen LogP contribution in [-0.2, 0) is 10.2 Å². The monoisotopic (exact) mass is 501 g/mol. The van der Waals surface area contributed by atoms with Gasteiger partial charge in [0.15, 0.2) is 0 Å². The number of nitrogens with zero attached hydrogens (tertiary/aromatic N) is 1. The normalized spacial score (nSPS) is 14.2. The second-order valence-corrected chi connectivity index (χ2v) is 10.4. The van der Waals surface area contributed by atoms with Crippen LogP contribution in [0.1, 0.15) is 65.6 Å². The van der Waals surface area contributed by atoms with Gasteiger partial charge in [0.2, 0.25) is 0 Å². The number of nitrogens with one attached hydrogen (secondary N) is 2. The lowest BCUT2D eigenvalue weighted by Crippen LogP contribution is -2.38. The first kappa shape index (κ1) is 26.4. The number of carbonyl (C=O) groups excluding carboxylic acids is 2. The average Bonchev–Trinajstić information content (AvgIpc) is 2.89. The van der Waals surface area contributed by atoms with E-state index in [1.807, 2.05) is 55.5 Å². The quantitative estimate of drug-likeness (QED) is 0.464. The third-order valence-electron chi connectivity index (χ3n) is 6.67. The van der Waals surface area contributed by atoms with Gasteiger partial charge in [-0.1, -0.05) is 39.0 Å². The Balaban J connectivity index is 1.52. The fraction of sp³-hybridized carbons (Fsp3) is 0.367. The van der Waals surface area contributed by atoms with Crippen LogP contribution in [0.2, 0.25) is 0 Å². The van der Waals surface area contributed by atoms with Gasteiger partial charge in [-0.3, -0.25) is 14.6 Å². The Hall–Kier alpha value is -3.71. The molecule has 1 fully saturated rings. The van der Waals surface area contributed by atoms with Crippen LogP contribution in [0.3, 0.4) is 0 Å². The number of anilines is 1. The summed E-state index contributed by atoms with van der Waals surface area (Å²) in [6.45, 7) is 9.59. The number of hydrogen-bond donors (Lipinski definition) is 2. The number of carbonyl (C=O) groups is 2. The Labute approximate surface area is 218 Å². The molecule has 7 nitrogen and oxygen atoms in total. The van der Waals surface area contributed by atoms with Crippen molar-refractivity contribution in [2.45, 2.75) is 52.0 Å². The van der Waals surface area contributed by atoms with E-state index >= 15 is 0 Å². The van der Waals surface area contributed by atoms with Crippen molar-refractivity contribution in [3.63, 3.8) is 0 Å². The standard InChI is InChI=1S/C30H35N3O4/c1-19-25(20-6-8-21(9-7-20)28(34)32-23-12-14-37-15-13-23)17-24(18-31-19)33-29(35)26-16-22(30(2,3)4)10-11-27(26)36-5/h6-11,16-18,23H,12-15H2,1-5H3,(H,32,34)(H,33,35). The summed E-state index contributed by atoms with van der Waals surface area (Å²) in [5.74, 6) is 0.167. The average molecular weight is 502 g/mol. The van der Waals surface area contributed by atoms with Crippen molar-refractivity contribution in [2.75, 3.05) is 25.6 Å². The molecule has 0 saturated carbocycles. The lowest BCUT2D eigenvalue weighted by molar-refractivity contribution is 0.0696. The van der Waals surface area contributed by atoms with Gasteiger partial charge in [-0.05, 0) is 66.6 Å². The first-order valence-electron chi connectivity index (χ1n) is 12.6. The predicted molar refractivity (Wildman–Crippen MR) is 145 cm³/mol. The van der Waals surface area contributed by atoms with Crippen molar-refractivity contribution in [1.82, 2.24) is 10.3 Å². The summed E-state index contributed by atoms with van der Waals surface area (Å²) < 4.78 is 10.8. The van der Waals surface area contributed by atoms with Gasteiger partial charge in [0.1, 0.15) is 5.75 Å².